The Bertz CT molecular complexity index is 626. The van der Waals surface area contributed by atoms with Crippen LogP contribution in [0.5, 0.6) is 11.5 Å². The Morgan fingerprint density at radius 3 is 2.60 bits per heavy atom. The molecule has 1 heterocycles. The summed E-state index contributed by atoms with van der Waals surface area (Å²) in [4.78, 5) is 15.6. The monoisotopic (exact) mass is 272 g/mol. The Balaban J connectivity index is 2.33. The van der Waals surface area contributed by atoms with Gasteiger partial charge in [-0.3, -0.25) is 9.78 Å². The molecule has 20 heavy (non-hydrogen) atoms. The first-order valence-electron chi connectivity index (χ1n) is 6.10. The van der Waals surface area contributed by atoms with Gasteiger partial charge < -0.3 is 15.2 Å². The van der Waals surface area contributed by atoms with Gasteiger partial charge in [-0.25, -0.2) is 0 Å². The molecule has 0 saturated heterocycles. The minimum absolute atomic E-state index is 0.433. The van der Waals surface area contributed by atoms with E-state index in [-0.39, 0.29) is 0 Å². The number of rotatable bonds is 5. The molecule has 5 nitrogen and oxygen atoms in total. The standard InChI is InChI=1S/C15H16N2O3/c1-19-13-6-5-10(9-14(13)20-2)8-12-11(15(16)18)4-3-7-17-12/h3-7,9H,8H2,1-2H3,(H2,16,18). The lowest BCUT2D eigenvalue weighted by atomic mass is 10.0. The highest BCUT2D eigenvalue weighted by atomic mass is 16.5. The van der Waals surface area contributed by atoms with Crippen molar-refractivity contribution >= 4 is 5.91 Å². The molecule has 2 N–H and O–H groups in total. The molecule has 0 atom stereocenters. The molecular weight excluding hydrogens is 256 g/mol. The van der Waals surface area contributed by atoms with Crippen LogP contribution in [0.2, 0.25) is 0 Å². The molecular formula is C15H16N2O3. The zero-order valence-corrected chi connectivity index (χ0v) is 11.4. The van der Waals surface area contributed by atoms with Gasteiger partial charge in [0.15, 0.2) is 11.5 Å². The molecule has 5 heteroatoms. The topological polar surface area (TPSA) is 74.4 Å². The molecule has 0 unspecified atom stereocenters. The van der Waals surface area contributed by atoms with E-state index in [0.29, 0.717) is 29.2 Å². The van der Waals surface area contributed by atoms with Crippen LogP contribution < -0.4 is 15.2 Å². The average molecular weight is 272 g/mol. The Hall–Kier alpha value is -2.56. The summed E-state index contributed by atoms with van der Waals surface area (Å²) < 4.78 is 10.4. The number of primary amides is 1. The number of carbonyl (C=O) groups is 1. The largest absolute Gasteiger partial charge is 0.493 e. The number of nitrogens with two attached hydrogens (primary N) is 1. The van der Waals surface area contributed by atoms with Crippen molar-refractivity contribution in [2.45, 2.75) is 6.42 Å². The molecule has 0 radical (unpaired) electrons. The van der Waals surface area contributed by atoms with E-state index in [1.165, 1.54) is 0 Å². The molecule has 0 fully saturated rings. The molecule has 0 spiro atoms. The van der Waals surface area contributed by atoms with Crippen molar-refractivity contribution in [1.29, 1.82) is 0 Å². The number of amides is 1. The summed E-state index contributed by atoms with van der Waals surface area (Å²) in [7, 11) is 3.17. The van der Waals surface area contributed by atoms with Gasteiger partial charge in [0.05, 0.1) is 25.5 Å². The number of hydrogen-bond donors (Lipinski definition) is 1. The fourth-order valence-corrected chi connectivity index (χ4v) is 1.99. The van der Waals surface area contributed by atoms with Crippen LogP contribution >= 0.6 is 0 Å². The molecule has 2 aromatic rings. The molecule has 2 rings (SSSR count). The average Bonchev–Trinajstić information content (AvgIpc) is 2.47. The summed E-state index contributed by atoms with van der Waals surface area (Å²) in [6.45, 7) is 0. The highest BCUT2D eigenvalue weighted by Gasteiger charge is 2.11. The first-order chi connectivity index (χ1) is 9.65. The number of benzene rings is 1. The maximum Gasteiger partial charge on any atom is 0.250 e. The van der Waals surface area contributed by atoms with Crippen molar-refractivity contribution in [3.8, 4) is 11.5 Å². The number of ether oxygens (including phenoxy) is 2. The van der Waals surface area contributed by atoms with E-state index in [9.17, 15) is 4.79 Å². The Morgan fingerprint density at radius 2 is 1.95 bits per heavy atom. The van der Waals surface area contributed by atoms with E-state index in [0.717, 1.165) is 5.56 Å². The number of methoxy groups -OCH3 is 2. The van der Waals surface area contributed by atoms with Crippen molar-refractivity contribution in [3.63, 3.8) is 0 Å². The quantitative estimate of drug-likeness (QED) is 0.900. The van der Waals surface area contributed by atoms with Crippen LogP contribution in [0.4, 0.5) is 0 Å². The minimum Gasteiger partial charge on any atom is -0.493 e. The zero-order chi connectivity index (χ0) is 14.5. The highest BCUT2D eigenvalue weighted by Crippen LogP contribution is 2.28. The van der Waals surface area contributed by atoms with Crippen molar-refractivity contribution in [1.82, 2.24) is 4.98 Å². The van der Waals surface area contributed by atoms with Crippen molar-refractivity contribution in [2.75, 3.05) is 14.2 Å². The third kappa shape index (κ3) is 2.88. The third-order valence-electron chi connectivity index (χ3n) is 2.98. The van der Waals surface area contributed by atoms with E-state index in [2.05, 4.69) is 4.98 Å². The smallest absolute Gasteiger partial charge is 0.250 e. The lowest BCUT2D eigenvalue weighted by molar-refractivity contribution is 0.0999. The second-order valence-corrected chi connectivity index (χ2v) is 4.23. The summed E-state index contributed by atoms with van der Waals surface area (Å²) >= 11 is 0. The van der Waals surface area contributed by atoms with Gasteiger partial charge in [0.1, 0.15) is 0 Å². The normalized spacial score (nSPS) is 10.1. The summed E-state index contributed by atoms with van der Waals surface area (Å²) in [5.41, 5.74) is 7.39. The van der Waals surface area contributed by atoms with Crippen LogP contribution in [0, 0.1) is 0 Å². The van der Waals surface area contributed by atoms with E-state index < -0.39 is 5.91 Å². The lowest BCUT2D eigenvalue weighted by Crippen LogP contribution is -2.14. The van der Waals surface area contributed by atoms with Gasteiger partial charge in [0.25, 0.3) is 5.91 Å². The molecule has 1 aromatic carbocycles. The van der Waals surface area contributed by atoms with Crippen LogP contribution in [-0.4, -0.2) is 25.1 Å². The Labute approximate surface area is 117 Å². The van der Waals surface area contributed by atoms with Gasteiger partial charge in [-0.05, 0) is 29.8 Å². The summed E-state index contributed by atoms with van der Waals surface area (Å²) in [6.07, 6.45) is 2.14. The second kappa shape index (κ2) is 6.06. The summed E-state index contributed by atoms with van der Waals surface area (Å²) in [6, 6.07) is 8.95. The summed E-state index contributed by atoms with van der Waals surface area (Å²) in [5, 5.41) is 0. The highest BCUT2D eigenvalue weighted by molar-refractivity contribution is 5.93. The number of hydrogen-bond acceptors (Lipinski definition) is 4. The molecule has 0 bridgehead atoms. The molecule has 104 valence electrons. The van der Waals surface area contributed by atoms with Crippen LogP contribution in [0.25, 0.3) is 0 Å². The number of carbonyl (C=O) groups excluding carboxylic acids is 1. The van der Waals surface area contributed by atoms with Gasteiger partial charge in [0.2, 0.25) is 0 Å². The molecule has 1 amide bonds. The number of nitrogens with zero attached hydrogens (tertiary/aromatic N) is 1. The molecule has 0 aliphatic rings. The molecule has 0 aliphatic heterocycles. The Morgan fingerprint density at radius 1 is 1.20 bits per heavy atom. The van der Waals surface area contributed by atoms with Gasteiger partial charge in [-0.15, -0.1) is 0 Å². The van der Waals surface area contributed by atoms with E-state index in [4.69, 9.17) is 15.2 Å². The fourth-order valence-electron chi connectivity index (χ4n) is 1.99. The van der Waals surface area contributed by atoms with Crippen LogP contribution in [0.1, 0.15) is 21.6 Å². The van der Waals surface area contributed by atoms with Crippen LogP contribution in [0.3, 0.4) is 0 Å². The first kappa shape index (κ1) is 13.9. The fraction of sp³-hybridized carbons (Fsp3) is 0.200. The first-order valence-corrected chi connectivity index (χ1v) is 6.10. The maximum atomic E-state index is 11.4. The molecule has 1 aromatic heterocycles. The van der Waals surface area contributed by atoms with E-state index in [1.54, 1.807) is 32.5 Å². The number of aromatic nitrogens is 1. The van der Waals surface area contributed by atoms with Crippen molar-refractivity contribution in [2.24, 2.45) is 5.73 Å². The van der Waals surface area contributed by atoms with Gasteiger partial charge in [-0.2, -0.15) is 0 Å². The maximum absolute atomic E-state index is 11.4. The summed E-state index contributed by atoms with van der Waals surface area (Å²) in [5.74, 6) is 0.822. The van der Waals surface area contributed by atoms with Crippen molar-refractivity contribution in [3.05, 3.63) is 53.3 Å². The minimum atomic E-state index is -0.478. The van der Waals surface area contributed by atoms with Crippen LogP contribution in [0.15, 0.2) is 36.5 Å². The van der Waals surface area contributed by atoms with Crippen LogP contribution in [-0.2, 0) is 6.42 Å². The SMILES string of the molecule is COc1ccc(Cc2ncccc2C(N)=O)cc1OC. The molecule has 0 saturated carbocycles. The van der Waals surface area contributed by atoms with Gasteiger partial charge >= 0.3 is 0 Å². The van der Waals surface area contributed by atoms with E-state index >= 15 is 0 Å². The third-order valence-corrected chi connectivity index (χ3v) is 2.98. The molecule has 0 aliphatic carbocycles. The van der Waals surface area contributed by atoms with Gasteiger partial charge in [0, 0.05) is 12.6 Å². The predicted molar refractivity (Wildman–Crippen MR) is 75.1 cm³/mol. The van der Waals surface area contributed by atoms with Gasteiger partial charge in [-0.1, -0.05) is 6.07 Å². The number of pyridine rings is 1. The predicted octanol–water partition coefficient (Wildman–Crippen LogP) is 1.79. The van der Waals surface area contributed by atoms with E-state index in [1.807, 2.05) is 18.2 Å². The second-order valence-electron chi connectivity index (χ2n) is 4.23. The Kier molecular flexibility index (Phi) is 4.20. The lowest BCUT2D eigenvalue weighted by Gasteiger charge is -2.10. The zero-order valence-electron chi connectivity index (χ0n) is 11.4. The van der Waals surface area contributed by atoms with Crippen molar-refractivity contribution < 1.29 is 14.3 Å².